The Morgan fingerprint density at radius 2 is 2.26 bits per heavy atom. The number of hydrogen-bond acceptors (Lipinski definition) is 2. The lowest BCUT2D eigenvalue weighted by atomic mass is 10.1. The summed E-state index contributed by atoms with van der Waals surface area (Å²) in [5, 5.41) is 5.85. The highest BCUT2D eigenvalue weighted by molar-refractivity contribution is 6.31. The Balaban J connectivity index is 0.00000180. The van der Waals surface area contributed by atoms with Gasteiger partial charge < -0.3 is 10.6 Å². The zero-order valence-electron chi connectivity index (χ0n) is 10.2. The molecule has 0 aliphatic carbocycles. The molecule has 19 heavy (non-hydrogen) atoms. The highest BCUT2D eigenvalue weighted by Gasteiger charge is 2.14. The maximum Gasteiger partial charge on any atom is 0.254 e. The first-order chi connectivity index (χ1) is 8.68. The molecule has 0 saturated carbocycles. The number of benzene rings is 1. The topological polar surface area (TPSA) is 41.1 Å². The minimum absolute atomic E-state index is 0. The molecule has 3 nitrogen and oxygen atoms in total. The molecule has 0 saturated heterocycles. The highest BCUT2D eigenvalue weighted by Crippen LogP contribution is 2.17. The molecule has 1 aromatic carbocycles. The first kappa shape index (κ1) is 16.0. The predicted octanol–water partition coefficient (Wildman–Crippen LogP) is 2.55. The van der Waals surface area contributed by atoms with Gasteiger partial charge in [-0.3, -0.25) is 4.79 Å². The van der Waals surface area contributed by atoms with Gasteiger partial charge in [-0.15, -0.1) is 12.4 Å². The third-order valence-corrected chi connectivity index (χ3v) is 3.12. The third-order valence-electron chi connectivity index (χ3n) is 2.83. The Morgan fingerprint density at radius 1 is 1.47 bits per heavy atom. The molecule has 0 unspecified atom stereocenters. The molecule has 1 aliphatic heterocycles. The Labute approximate surface area is 122 Å². The third kappa shape index (κ3) is 4.20. The second kappa shape index (κ2) is 7.48. The van der Waals surface area contributed by atoms with Gasteiger partial charge in [-0.05, 0) is 25.1 Å². The fraction of sp³-hybridized carbons (Fsp3) is 0.308. The second-order valence-electron chi connectivity index (χ2n) is 4.10. The summed E-state index contributed by atoms with van der Waals surface area (Å²) in [5.41, 5.74) is 1.14. The highest BCUT2D eigenvalue weighted by atomic mass is 35.5. The van der Waals surface area contributed by atoms with Crippen molar-refractivity contribution >= 4 is 29.9 Å². The summed E-state index contributed by atoms with van der Waals surface area (Å²) in [6.07, 6.45) is 2.94. The first-order valence-electron chi connectivity index (χ1n) is 5.79. The smallest absolute Gasteiger partial charge is 0.254 e. The monoisotopic (exact) mass is 304 g/mol. The standard InChI is InChI=1S/C13H14ClFN2O.ClH/c14-11-3-1-2-10(12(11)15)13(18)17-8-9-4-6-16-7-5-9;/h1-4,16H,5-8H2,(H,17,18);1H. The predicted molar refractivity (Wildman–Crippen MR) is 76.6 cm³/mol. The van der Waals surface area contributed by atoms with Gasteiger partial charge in [0, 0.05) is 13.1 Å². The summed E-state index contributed by atoms with van der Waals surface area (Å²) in [7, 11) is 0. The SMILES string of the molecule is Cl.O=C(NCC1=CCNCC1)c1cccc(Cl)c1F. The normalized spacial score (nSPS) is 14.3. The number of amides is 1. The van der Waals surface area contributed by atoms with Crippen molar-refractivity contribution in [2.45, 2.75) is 6.42 Å². The van der Waals surface area contributed by atoms with E-state index in [-0.39, 0.29) is 23.0 Å². The summed E-state index contributed by atoms with van der Waals surface area (Å²) in [5.74, 6) is -1.11. The van der Waals surface area contributed by atoms with E-state index in [1.165, 1.54) is 12.1 Å². The molecule has 0 radical (unpaired) electrons. The zero-order valence-corrected chi connectivity index (χ0v) is 11.8. The van der Waals surface area contributed by atoms with Gasteiger partial charge in [-0.25, -0.2) is 4.39 Å². The van der Waals surface area contributed by atoms with Crippen LogP contribution in [0.3, 0.4) is 0 Å². The van der Waals surface area contributed by atoms with E-state index in [0.717, 1.165) is 25.1 Å². The van der Waals surface area contributed by atoms with Crippen LogP contribution in [0, 0.1) is 5.82 Å². The lowest BCUT2D eigenvalue weighted by molar-refractivity contribution is 0.0952. The van der Waals surface area contributed by atoms with Gasteiger partial charge in [-0.2, -0.15) is 0 Å². The number of carbonyl (C=O) groups is 1. The van der Waals surface area contributed by atoms with E-state index in [0.29, 0.717) is 6.54 Å². The van der Waals surface area contributed by atoms with Crippen LogP contribution >= 0.6 is 24.0 Å². The minimum Gasteiger partial charge on any atom is -0.348 e. The Bertz CT molecular complexity index is 492. The maximum absolute atomic E-state index is 13.6. The van der Waals surface area contributed by atoms with E-state index in [4.69, 9.17) is 11.6 Å². The maximum atomic E-state index is 13.6. The minimum atomic E-state index is -0.670. The molecule has 2 rings (SSSR count). The molecule has 0 atom stereocenters. The average molecular weight is 305 g/mol. The van der Waals surface area contributed by atoms with Crippen molar-refractivity contribution in [1.82, 2.24) is 10.6 Å². The summed E-state index contributed by atoms with van der Waals surface area (Å²) >= 11 is 5.63. The number of halogens is 3. The first-order valence-corrected chi connectivity index (χ1v) is 6.17. The molecule has 0 aromatic heterocycles. The summed E-state index contributed by atoms with van der Waals surface area (Å²) in [6, 6.07) is 4.40. The van der Waals surface area contributed by atoms with Crippen LogP contribution in [0.2, 0.25) is 5.02 Å². The van der Waals surface area contributed by atoms with Crippen LogP contribution in [-0.2, 0) is 0 Å². The van der Waals surface area contributed by atoms with Crippen molar-refractivity contribution in [2.75, 3.05) is 19.6 Å². The van der Waals surface area contributed by atoms with Crippen LogP contribution in [0.1, 0.15) is 16.8 Å². The summed E-state index contributed by atoms with van der Waals surface area (Å²) in [6.45, 7) is 2.18. The Hall–Kier alpha value is -1.10. The van der Waals surface area contributed by atoms with Crippen LogP contribution in [0.15, 0.2) is 29.8 Å². The van der Waals surface area contributed by atoms with E-state index >= 15 is 0 Å². The molecule has 0 bridgehead atoms. The van der Waals surface area contributed by atoms with Crippen molar-refractivity contribution < 1.29 is 9.18 Å². The fourth-order valence-corrected chi connectivity index (χ4v) is 1.97. The van der Waals surface area contributed by atoms with Crippen LogP contribution in [0.25, 0.3) is 0 Å². The molecule has 1 aliphatic rings. The van der Waals surface area contributed by atoms with Crippen molar-refractivity contribution in [3.8, 4) is 0 Å². The van der Waals surface area contributed by atoms with E-state index < -0.39 is 11.7 Å². The van der Waals surface area contributed by atoms with Gasteiger partial charge in [0.1, 0.15) is 0 Å². The number of nitrogens with one attached hydrogen (secondary N) is 2. The average Bonchev–Trinajstić information content (AvgIpc) is 2.40. The zero-order chi connectivity index (χ0) is 13.0. The summed E-state index contributed by atoms with van der Waals surface area (Å²) in [4.78, 5) is 11.8. The van der Waals surface area contributed by atoms with Crippen LogP contribution in [0.5, 0.6) is 0 Å². The van der Waals surface area contributed by atoms with E-state index in [2.05, 4.69) is 10.6 Å². The number of rotatable bonds is 3. The fourth-order valence-electron chi connectivity index (χ4n) is 1.80. The Morgan fingerprint density at radius 3 is 2.95 bits per heavy atom. The van der Waals surface area contributed by atoms with Crippen LogP contribution in [-0.4, -0.2) is 25.5 Å². The number of hydrogen-bond donors (Lipinski definition) is 2. The lowest BCUT2D eigenvalue weighted by Gasteiger charge is -2.14. The van der Waals surface area contributed by atoms with Crippen molar-refractivity contribution in [2.24, 2.45) is 0 Å². The van der Waals surface area contributed by atoms with Crippen molar-refractivity contribution in [3.63, 3.8) is 0 Å². The lowest BCUT2D eigenvalue weighted by Crippen LogP contribution is -2.30. The van der Waals surface area contributed by atoms with Gasteiger partial charge in [0.15, 0.2) is 5.82 Å². The molecular weight excluding hydrogens is 290 g/mol. The van der Waals surface area contributed by atoms with Gasteiger partial charge >= 0.3 is 0 Å². The number of carbonyl (C=O) groups excluding carboxylic acids is 1. The molecule has 104 valence electrons. The largest absolute Gasteiger partial charge is 0.348 e. The van der Waals surface area contributed by atoms with Crippen LogP contribution in [0.4, 0.5) is 4.39 Å². The quantitative estimate of drug-likeness (QED) is 0.843. The van der Waals surface area contributed by atoms with Crippen molar-refractivity contribution in [3.05, 3.63) is 46.3 Å². The van der Waals surface area contributed by atoms with E-state index in [9.17, 15) is 9.18 Å². The molecule has 1 heterocycles. The van der Waals surface area contributed by atoms with Gasteiger partial charge in [-0.1, -0.05) is 29.3 Å². The molecule has 0 fully saturated rings. The second-order valence-corrected chi connectivity index (χ2v) is 4.51. The summed E-state index contributed by atoms with van der Waals surface area (Å²) < 4.78 is 13.6. The van der Waals surface area contributed by atoms with Crippen molar-refractivity contribution in [1.29, 1.82) is 0 Å². The Kier molecular flexibility index (Phi) is 6.28. The van der Waals surface area contributed by atoms with Gasteiger partial charge in [0.05, 0.1) is 10.6 Å². The molecule has 1 aromatic rings. The van der Waals surface area contributed by atoms with E-state index in [1.54, 1.807) is 6.07 Å². The van der Waals surface area contributed by atoms with Gasteiger partial charge in [0.25, 0.3) is 5.91 Å². The molecule has 6 heteroatoms. The molecule has 2 N–H and O–H groups in total. The van der Waals surface area contributed by atoms with Crippen LogP contribution < -0.4 is 10.6 Å². The van der Waals surface area contributed by atoms with E-state index in [1.807, 2.05) is 6.08 Å². The molecule has 0 spiro atoms. The molecular formula is C13H15Cl2FN2O. The van der Waals surface area contributed by atoms with Gasteiger partial charge in [0.2, 0.25) is 0 Å². The molecule has 1 amide bonds.